The van der Waals surface area contributed by atoms with Crippen molar-refractivity contribution in [1.82, 2.24) is 19.8 Å². The highest BCUT2D eigenvalue weighted by Gasteiger charge is 2.32. The van der Waals surface area contributed by atoms with Crippen molar-refractivity contribution < 1.29 is 12.9 Å². The quantitative estimate of drug-likeness (QED) is 0.848. The Bertz CT molecular complexity index is 787. The number of nitrogens with one attached hydrogen (secondary N) is 2. The summed E-state index contributed by atoms with van der Waals surface area (Å²) in [5, 5.41) is 3.98. The Hall–Kier alpha value is -1.67. The van der Waals surface area contributed by atoms with Crippen LogP contribution in [-0.2, 0) is 10.0 Å². The molecule has 1 aliphatic rings. The summed E-state index contributed by atoms with van der Waals surface area (Å²) in [6.45, 7) is 5.85. The van der Waals surface area contributed by atoms with Gasteiger partial charge < -0.3 is 9.51 Å². The van der Waals surface area contributed by atoms with Gasteiger partial charge in [0.15, 0.2) is 5.82 Å². The Balaban J connectivity index is 2.06. The maximum absolute atomic E-state index is 12.6. The van der Waals surface area contributed by atoms with Crippen molar-refractivity contribution >= 4 is 10.0 Å². The summed E-state index contributed by atoms with van der Waals surface area (Å²) in [5.41, 5.74) is 1.75. The highest BCUT2D eigenvalue weighted by Crippen LogP contribution is 2.40. The lowest BCUT2D eigenvalue weighted by atomic mass is 10.2. The fraction of sp³-hybridized carbons (Fsp3) is 0.571. The minimum absolute atomic E-state index is 0.199. The average Bonchev–Trinajstić information content (AvgIpc) is 3.11. The second kappa shape index (κ2) is 5.51. The molecule has 120 valence electrons. The monoisotopic (exact) mass is 324 g/mol. The predicted molar refractivity (Wildman–Crippen MR) is 81.0 cm³/mol. The Morgan fingerprint density at radius 3 is 2.68 bits per heavy atom. The van der Waals surface area contributed by atoms with E-state index in [2.05, 4.69) is 19.8 Å². The highest BCUT2D eigenvalue weighted by atomic mass is 32.2. The van der Waals surface area contributed by atoms with Crippen LogP contribution >= 0.6 is 0 Å². The normalized spacial score (nSPS) is 15.4. The number of aromatic amines is 1. The fourth-order valence-electron chi connectivity index (χ4n) is 2.50. The van der Waals surface area contributed by atoms with E-state index in [0.29, 0.717) is 35.2 Å². The van der Waals surface area contributed by atoms with Gasteiger partial charge in [0.25, 0.3) is 5.89 Å². The van der Waals surface area contributed by atoms with E-state index in [1.807, 2.05) is 13.8 Å². The van der Waals surface area contributed by atoms with Crippen molar-refractivity contribution in [3.05, 3.63) is 17.2 Å². The van der Waals surface area contributed by atoms with Crippen LogP contribution in [-0.4, -0.2) is 30.1 Å². The molecule has 7 nitrogen and oxygen atoms in total. The molecule has 0 aliphatic heterocycles. The molecule has 0 aromatic carbocycles. The van der Waals surface area contributed by atoms with E-state index in [9.17, 15) is 8.42 Å². The third-order valence-corrected chi connectivity index (χ3v) is 5.36. The third kappa shape index (κ3) is 2.68. The summed E-state index contributed by atoms with van der Waals surface area (Å²) in [5.74, 6) is 1.29. The Morgan fingerprint density at radius 1 is 1.32 bits per heavy atom. The van der Waals surface area contributed by atoms with E-state index in [1.54, 1.807) is 6.92 Å². The Kier molecular flexibility index (Phi) is 3.82. The summed E-state index contributed by atoms with van der Waals surface area (Å²) in [6, 6.07) is 0. The SMILES string of the molecule is CCCNS(=O)(=O)c1c(C)[nH]c(C)c1-c1nc(C2CC2)no1. The van der Waals surface area contributed by atoms with E-state index in [-0.39, 0.29) is 10.8 Å². The van der Waals surface area contributed by atoms with Crippen LogP contribution in [0.3, 0.4) is 0 Å². The van der Waals surface area contributed by atoms with Crippen molar-refractivity contribution in [1.29, 1.82) is 0 Å². The number of aryl methyl sites for hydroxylation is 2. The number of nitrogens with zero attached hydrogens (tertiary/aromatic N) is 2. The molecule has 0 amide bonds. The second-order valence-electron chi connectivity index (χ2n) is 5.71. The third-order valence-electron chi connectivity index (χ3n) is 3.73. The maximum Gasteiger partial charge on any atom is 0.261 e. The number of hydrogen-bond acceptors (Lipinski definition) is 5. The van der Waals surface area contributed by atoms with Gasteiger partial charge in [-0.05, 0) is 33.1 Å². The molecule has 22 heavy (non-hydrogen) atoms. The van der Waals surface area contributed by atoms with Crippen LogP contribution in [0, 0.1) is 13.8 Å². The van der Waals surface area contributed by atoms with Crippen LogP contribution in [0.15, 0.2) is 9.42 Å². The van der Waals surface area contributed by atoms with Crippen molar-refractivity contribution in [3.8, 4) is 11.5 Å². The molecular weight excluding hydrogens is 304 g/mol. The van der Waals surface area contributed by atoms with Gasteiger partial charge in [-0.2, -0.15) is 4.98 Å². The summed E-state index contributed by atoms with van der Waals surface area (Å²) in [4.78, 5) is 7.64. The summed E-state index contributed by atoms with van der Waals surface area (Å²) in [7, 11) is -3.62. The standard InChI is InChI=1S/C14H20N4O3S/c1-4-7-15-22(19,20)12-9(3)16-8(2)11(12)14-17-13(18-21-14)10-5-6-10/h10,15-16H,4-7H2,1-3H3. The van der Waals surface area contributed by atoms with Gasteiger partial charge in [-0.1, -0.05) is 12.1 Å². The molecule has 2 heterocycles. The lowest BCUT2D eigenvalue weighted by molar-refractivity contribution is 0.421. The molecule has 2 aromatic heterocycles. The molecule has 0 radical (unpaired) electrons. The van der Waals surface area contributed by atoms with E-state index < -0.39 is 10.0 Å². The molecule has 3 rings (SSSR count). The number of sulfonamides is 1. The van der Waals surface area contributed by atoms with Crippen LogP contribution in [0.1, 0.15) is 49.3 Å². The maximum atomic E-state index is 12.6. The molecule has 2 aromatic rings. The molecule has 0 unspecified atom stereocenters. The zero-order chi connectivity index (χ0) is 15.9. The molecule has 1 fully saturated rings. The lowest BCUT2D eigenvalue weighted by Crippen LogP contribution is -2.25. The Labute approximate surface area is 129 Å². The van der Waals surface area contributed by atoms with Gasteiger partial charge in [-0.3, -0.25) is 0 Å². The lowest BCUT2D eigenvalue weighted by Gasteiger charge is -2.06. The molecule has 8 heteroatoms. The first-order chi connectivity index (χ1) is 10.4. The molecule has 0 atom stereocenters. The molecule has 0 saturated heterocycles. The van der Waals surface area contributed by atoms with Gasteiger partial charge in [0.1, 0.15) is 4.90 Å². The van der Waals surface area contributed by atoms with Crippen molar-refractivity contribution in [2.45, 2.75) is 50.8 Å². The molecular formula is C14H20N4O3S. The minimum atomic E-state index is -3.62. The van der Waals surface area contributed by atoms with Crippen molar-refractivity contribution in [3.63, 3.8) is 0 Å². The van der Waals surface area contributed by atoms with Gasteiger partial charge in [0.05, 0.1) is 5.56 Å². The summed E-state index contributed by atoms with van der Waals surface area (Å²) in [6.07, 6.45) is 2.85. The van der Waals surface area contributed by atoms with E-state index in [4.69, 9.17) is 4.52 Å². The fourth-order valence-corrected chi connectivity index (χ4v) is 4.08. The molecule has 1 saturated carbocycles. The van der Waals surface area contributed by atoms with Gasteiger partial charge in [0, 0.05) is 23.9 Å². The zero-order valence-corrected chi connectivity index (χ0v) is 13.7. The van der Waals surface area contributed by atoms with E-state index in [0.717, 1.165) is 19.3 Å². The van der Waals surface area contributed by atoms with E-state index >= 15 is 0 Å². The van der Waals surface area contributed by atoms with Crippen LogP contribution in [0.5, 0.6) is 0 Å². The largest absolute Gasteiger partial charge is 0.361 e. The zero-order valence-electron chi connectivity index (χ0n) is 12.9. The first kappa shape index (κ1) is 15.2. The molecule has 1 aliphatic carbocycles. The highest BCUT2D eigenvalue weighted by molar-refractivity contribution is 7.89. The van der Waals surface area contributed by atoms with Gasteiger partial charge >= 0.3 is 0 Å². The topological polar surface area (TPSA) is 101 Å². The van der Waals surface area contributed by atoms with Gasteiger partial charge in [0.2, 0.25) is 10.0 Å². The van der Waals surface area contributed by atoms with Crippen molar-refractivity contribution in [2.24, 2.45) is 0 Å². The van der Waals surface area contributed by atoms with Crippen molar-refractivity contribution in [2.75, 3.05) is 6.54 Å². The van der Waals surface area contributed by atoms with Crippen LogP contribution in [0.25, 0.3) is 11.5 Å². The number of aromatic nitrogens is 3. The number of hydrogen-bond donors (Lipinski definition) is 2. The van der Waals surface area contributed by atoms with Crippen LogP contribution in [0.4, 0.5) is 0 Å². The van der Waals surface area contributed by atoms with Crippen LogP contribution < -0.4 is 4.72 Å². The number of H-pyrrole nitrogens is 1. The number of rotatable bonds is 6. The second-order valence-corrected chi connectivity index (χ2v) is 7.41. The molecule has 0 bridgehead atoms. The van der Waals surface area contributed by atoms with Gasteiger partial charge in [-0.15, -0.1) is 0 Å². The molecule has 0 spiro atoms. The Morgan fingerprint density at radius 2 is 2.05 bits per heavy atom. The molecule has 2 N–H and O–H groups in total. The predicted octanol–water partition coefficient (Wildman–Crippen LogP) is 2.25. The van der Waals surface area contributed by atoms with E-state index in [1.165, 1.54) is 0 Å². The van der Waals surface area contributed by atoms with Gasteiger partial charge in [-0.25, -0.2) is 13.1 Å². The van der Waals surface area contributed by atoms with Crippen LogP contribution in [0.2, 0.25) is 0 Å². The summed E-state index contributed by atoms with van der Waals surface area (Å²) < 4.78 is 33.0. The average molecular weight is 324 g/mol. The summed E-state index contributed by atoms with van der Waals surface area (Å²) >= 11 is 0. The minimum Gasteiger partial charge on any atom is -0.361 e. The first-order valence-corrected chi connectivity index (χ1v) is 8.95. The smallest absolute Gasteiger partial charge is 0.261 e. The first-order valence-electron chi connectivity index (χ1n) is 7.46.